The van der Waals surface area contributed by atoms with Crippen LogP contribution in [0.1, 0.15) is 18.1 Å². The number of hydrazone groups is 1. The molecule has 1 amide bonds. The zero-order valence-corrected chi connectivity index (χ0v) is 15.8. The zero-order chi connectivity index (χ0) is 19.1. The fourth-order valence-electron chi connectivity index (χ4n) is 2.14. The van der Waals surface area contributed by atoms with Crippen LogP contribution in [0.3, 0.4) is 0 Å². The molecule has 0 atom stereocenters. The van der Waals surface area contributed by atoms with Gasteiger partial charge in [-0.2, -0.15) is 5.10 Å². The maximum Gasteiger partial charge on any atom is 0.244 e. The Morgan fingerprint density at radius 1 is 1.27 bits per heavy atom. The van der Waals surface area contributed by atoms with Gasteiger partial charge >= 0.3 is 0 Å². The van der Waals surface area contributed by atoms with Crippen LogP contribution in [0.25, 0.3) is 0 Å². The van der Waals surface area contributed by atoms with Crippen molar-refractivity contribution >= 4 is 35.3 Å². The van der Waals surface area contributed by atoms with Crippen molar-refractivity contribution in [1.29, 1.82) is 0 Å². The van der Waals surface area contributed by atoms with Crippen molar-refractivity contribution in [2.75, 3.05) is 13.7 Å². The molecule has 0 fully saturated rings. The van der Waals surface area contributed by atoms with Gasteiger partial charge in [-0.25, -0.2) is 5.43 Å². The summed E-state index contributed by atoms with van der Waals surface area (Å²) in [5.41, 5.74) is 3.61. The standard InChI is InChI=1S/C18H18Cl2N2O4/c1-3-26-16-7-11(6-15(20)18(16)24)10-21-22-17(23)9-12-8-13(25-2)4-5-14(12)19/h4-8,10,24H,3,9H2,1-2H3,(H,22,23)/b21-10+. The minimum absolute atomic E-state index is 0.0495. The van der Waals surface area contributed by atoms with Crippen LogP contribution >= 0.6 is 23.2 Å². The number of carbonyl (C=O) groups excluding carboxylic acids is 1. The Bertz CT molecular complexity index is 825. The van der Waals surface area contributed by atoms with Crippen LogP contribution in [0, 0.1) is 0 Å². The highest BCUT2D eigenvalue weighted by molar-refractivity contribution is 6.32. The number of methoxy groups -OCH3 is 1. The first kappa shape index (κ1) is 19.9. The van der Waals surface area contributed by atoms with Crippen LogP contribution in [0.4, 0.5) is 0 Å². The normalized spacial score (nSPS) is 10.8. The number of nitrogens with zero attached hydrogens (tertiary/aromatic N) is 1. The predicted octanol–water partition coefficient (Wildman–Crippen LogP) is 3.80. The van der Waals surface area contributed by atoms with Crippen LogP contribution in [0.15, 0.2) is 35.4 Å². The number of aromatic hydroxyl groups is 1. The van der Waals surface area contributed by atoms with E-state index in [-0.39, 0.29) is 28.8 Å². The third kappa shape index (κ3) is 5.28. The second-order valence-electron chi connectivity index (χ2n) is 5.21. The summed E-state index contributed by atoms with van der Waals surface area (Å²) in [5, 5.41) is 14.3. The van der Waals surface area contributed by atoms with Gasteiger partial charge in [0.1, 0.15) is 5.75 Å². The molecule has 2 N–H and O–H groups in total. The molecule has 2 aromatic carbocycles. The van der Waals surface area contributed by atoms with Gasteiger partial charge in [0.05, 0.1) is 31.4 Å². The molecule has 0 aliphatic carbocycles. The summed E-state index contributed by atoms with van der Waals surface area (Å²) in [5.74, 6) is 0.382. The van der Waals surface area contributed by atoms with Gasteiger partial charge in [-0.15, -0.1) is 0 Å². The van der Waals surface area contributed by atoms with Crippen LogP contribution in [0.2, 0.25) is 10.0 Å². The minimum atomic E-state index is -0.341. The quantitative estimate of drug-likeness (QED) is 0.550. The second-order valence-corrected chi connectivity index (χ2v) is 6.02. The van der Waals surface area contributed by atoms with Crippen molar-refractivity contribution in [1.82, 2.24) is 5.43 Å². The fraction of sp³-hybridized carbons (Fsp3) is 0.222. The largest absolute Gasteiger partial charge is 0.503 e. The average molecular weight is 397 g/mol. The van der Waals surface area contributed by atoms with Crippen molar-refractivity contribution in [3.8, 4) is 17.2 Å². The monoisotopic (exact) mass is 396 g/mol. The van der Waals surface area contributed by atoms with E-state index in [0.29, 0.717) is 28.5 Å². The summed E-state index contributed by atoms with van der Waals surface area (Å²) in [4.78, 5) is 12.0. The Hall–Kier alpha value is -2.44. The Kier molecular flexibility index (Phi) is 7.12. The summed E-state index contributed by atoms with van der Waals surface area (Å²) < 4.78 is 10.4. The maximum atomic E-state index is 12.0. The van der Waals surface area contributed by atoms with Crippen LogP contribution < -0.4 is 14.9 Å². The molecule has 0 saturated heterocycles. The first-order valence-corrected chi connectivity index (χ1v) is 8.49. The van der Waals surface area contributed by atoms with E-state index < -0.39 is 0 Å². The van der Waals surface area contributed by atoms with E-state index in [0.717, 1.165) is 0 Å². The summed E-state index contributed by atoms with van der Waals surface area (Å²) in [6, 6.07) is 8.15. The van der Waals surface area contributed by atoms with E-state index in [9.17, 15) is 9.90 Å². The molecule has 0 saturated carbocycles. The number of ether oxygens (including phenoxy) is 2. The number of rotatable bonds is 7. The minimum Gasteiger partial charge on any atom is -0.503 e. The highest BCUT2D eigenvalue weighted by atomic mass is 35.5. The second kappa shape index (κ2) is 9.31. The maximum absolute atomic E-state index is 12.0. The molecule has 0 aliphatic rings. The van der Waals surface area contributed by atoms with Gasteiger partial charge in [0.15, 0.2) is 11.5 Å². The third-order valence-corrected chi connectivity index (χ3v) is 4.01. The highest BCUT2D eigenvalue weighted by Gasteiger charge is 2.10. The number of halogens is 2. The van der Waals surface area contributed by atoms with E-state index >= 15 is 0 Å². The molecule has 0 unspecified atom stereocenters. The number of hydrogen-bond acceptors (Lipinski definition) is 5. The molecule has 0 aliphatic heterocycles. The molecular formula is C18H18Cl2N2O4. The molecular weight excluding hydrogens is 379 g/mol. The van der Waals surface area contributed by atoms with Crippen LogP contribution in [0.5, 0.6) is 17.2 Å². The molecule has 138 valence electrons. The SMILES string of the molecule is CCOc1cc(/C=N/NC(=O)Cc2cc(OC)ccc2Cl)cc(Cl)c1O. The predicted molar refractivity (Wildman–Crippen MR) is 102 cm³/mol. The van der Waals surface area contributed by atoms with Gasteiger partial charge in [0.25, 0.3) is 0 Å². The number of amides is 1. The lowest BCUT2D eigenvalue weighted by Gasteiger charge is -2.08. The number of phenols is 1. The topological polar surface area (TPSA) is 80.2 Å². The Morgan fingerprint density at radius 3 is 2.73 bits per heavy atom. The zero-order valence-electron chi connectivity index (χ0n) is 14.3. The van der Waals surface area contributed by atoms with Gasteiger partial charge in [-0.1, -0.05) is 23.2 Å². The molecule has 2 aromatic rings. The van der Waals surface area contributed by atoms with E-state index in [2.05, 4.69) is 10.5 Å². The van der Waals surface area contributed by atoms with Crippen LogP contribution in [-0.4, -0.2) is 30.9 Å². The van der Waals surface area contributed by atoms with E-state index in [1.165, 1.54) is 19.4 Å². The van der Waals surface area contributed by atoms with Gasteiger partial charge in [0.2, 0.25) is 5.91 Å². The van der Waals surface area contributed by atoms with Crippen molar-refractivity contribution in [2.45, 2.75) is 13.3 Å². The third-order valence-electron chi connectivity index (χ3n) is 3.36. The highest BCUT2D eigenvalue weighted by Crippen LogP contribution is 2.34. The smallest absolute Gasteiger partial charge is 0.244 e. The number of benzene rings is 2. The van der Waals surface area contributed by atoms with Gasteiger partial charge in [-0.3, -0.25) is 4.79 Å². The molecule has 0 radical (unpaired) electrons. The van der Waals surface area contributed by atoms with E-state index in [1.54, 1.807) is 31.2 Å². The number of phenolic OH excluding ortho intramolecular Hbond substituents is 1. The Balaban J connectivity index is 2.03. The lowest BCUT2D eigenvalue weighted by atomic mass is 10.1. The van der Waals surface area contributed by atoms with Crippen molar-refractivity contribution in [3.63, 3.8) is 0 Å². The van der Waals surface area contributed by atoms with E-state index in [4.69, 9.17) is 32.7 Å². The van der Waals surface area contributed by atoms with Crippen molar-refractivity contribution < 1.29 is 19.4 Å². The molecule has 0 heterocycles. The van der Waals surface area contributed by atoms with E-state index in [1.807, 2.05) is 0 Å². The lowest BCUT2D eigenvalue weighted by molar-refractivity contribution is -0.120. The van der Waals surface area contributed by atoms with Gasteiger partial charge in [-0.05, 0) is 48.4 Å². The summed E-state index contributed by atoms with van der Waals surface area (Å²) >= 11 is 12.0. The molecule has 0 bridgehead atoms. The molecule has 8 heteroatoms. The number of nitrogens with one attached hydrogen (secondary N) is 1. The Morgan fingerprint density at radius 2 is 2.04 bits per heavy atom. The number of hydrogen-bond donors (Lipinski definition) is 2. The van der Waals surface area contributed by atoms with Crippen molar-refractivity contribution in [3.05, 3.63) is 51.5 Å². The molecule has 2 rings (SSSR count). The summed E-state index contributed by atoms with van der Waals surface area (Å²) in [6.07, 6.45) is 1.45. The van der Waals surface area contributed by atoms with Gasteiger partial charge < -0.3 is 14.6 Å². The first-order chi connectivity index (χ1) is 12.4. The molecule has 6 nitrogen and oxygen atoms in total. The molecule has 26 heavy (non-hydrogen) atoms. The average Bonchev–Trinajstić information content (AvgIpc) is 2.61. The molecule has 0 aromatic heterocycles. The Labute approximate surface area is 161 Å². The van der Waals surface area contributed by atoms with Gasteiger partial charge in [0, 0.05) is 5.02 Å². The van der Waals surface area contributed by atoms with Crippen LogP contribution in [-0.2, 0) is 11.2 Å². The first-order valence-electron chi connectivity index (χ1n) is 7.74. The van der Waals surface area contributed by atoms with Crippen molar-refractivity contribution in [2.24, 2.45) is 5.10 Å². The summed E-state index contributed by atoms with van der Waals surface area (Å²) in [6.45, 7) is 2.17. The number of carbonyl (C=O) groups is 1. The fourth-order valence-corrected chi connectivity index (χ4v) is 2.54. The molecule has 0 spiro atoms. The lowest BCUT2D eigenvalue weighted by Crippen LogP contribution is -2.20. The summed E-state index contributed by atoms with van der Waals surface area (Å²) in [7, 11) is 1.54.